The Morgan fingerprint density at radius 3 is 2.76 bits per heavy atom. The third kappa shape index (κ3) is 5.90. The molecule has 0 aliphatic heterocycles. The molecule has 21 heavy (non-hydrogen) atoms. The van der Waals surface area contributed by atoms with Gasteiger partial charge in [-0.15, -0.1) is 0 Å². The standard InChI is InChI=1S/C15H26BrN3O2/c1-5-17-9-13-8-14(16)10-18-15(13)19(6-7-20-3)12(2)11-21-4/h8,10,12,17H,5-7,9,11H2,1-4H3. The first-order valence-corrected chi connectivity index (χ1v) is 8.03. The van der Waals surface area contributed by atoms with Crippen LogP contribution >= 0.6 is 15.9 Å². The van der Waals surface area contributed by atoms with Gasteiger partial charge in [0.25, 0.3) is 0 Å². The minimum absolute atomic E-state index is 0.235. The molecular weight excluding hydrogens is 334 g/mol. The summed E-state index contributed by atoms with van der Waals surface area (Å²) in [5.74, 6) is 0.987. The van der Waals surface area contributed by atoms with E-state index in [4.69, 9.17) is 9.47 Å². The Kier molecular flexibility index (Phi) is 8.84. The van der Waals surface area contributed by atoms with Crippen molar-refractivity contribution in [2.45, 2.75) is 26.4 Å². The van der Waals surface area contributed by atoms with Crippen LogP contribution in [0.25, 0.3) is 0 Å². The zero-order chi connectivity index (χ0) is 15.7. The number of nitrogens with zero attached hydrogens (tertiary/aromatic N) is 2. The van der Waals surface area contributed by atoms with E-state index in [2.05, 4.69) is 51.0 Å². The smallest absolute Gasteiger partial charge is 0.133 e. The molecule has 1 atom stereocenters. The molecule has 0 saturated heterocycles. The van der Waals surface area contributed by atoms with Crippen molar-refractivity contribution in [2.75, 3.05) is 45.4 Å². The summed E-state index contributed by atoms with van der Waals surface area (Å²) >= 11 is 3.50. The van der Waals surface area contributed by atoms with Crippen molar-refractivity contribution in [2.24, 2.45) is 0 Å². The van der Waals surface area contributed by atoms with Crippen molar-refractivity contribution in [1.82, 2.24) is 10.3 Å². The fraction of sp³-hybridized carbons (Fsp3) is 0.667. The van der Waals surface area contributed by atoms with Crippen molar-refractivity contribution < 1.29 is 9.47 Å². The quantitative estimate of drug-likeness (QED) is 0.695. The Bertz CT molecular complexity index is 418. The van der Waals surface area contributed by atoms with Gasteiger partial charge >= 0.3 is 0 Å². The summed E-state index contributed by atoms with van der Waals surface area (Å²) in [5, 5.41) is 3.36. The van der Waals surface area contributed by atoms with Crippen LogP contribution in [0.1, 0.15) is 19.4 Å². The fourth-order valence-electron chi connectivity index (χ4n) is 2.18. The average Bonchev–Trinajstić information content (AvgIpc) is 2.47. The maximum absolute atomic E-state index is 5.30. The highest BCUT2D eigenvalue weighted by molar-refractivity contribution is 9.10. The summed E-state index contributed by atoms with van der Waals surface area (Å²) in [5.41, 5.74) is 1.17. The van der Waals surface area contributed by atoms with E-state index in [0.29, 0.717) is 13.2 Å². The summed E-state index contributed by atoms with van der Waals surface area (Å²) in [6, 6.07) is 2.35. The zero-order valence-corrected chi connectivity index (χ0v) is 14.9. The number of hydrogen-bond acceptors (Lipinski definition) is 5. The molecule has 1 rings (SSSR count). The second-order valence-corrected chi connectivity index (χ2v) is 5.82. The molecule has 1 heterocycles. The van der Waals surface area contributed by atoms with Crippen LogP contribution in [0, 0.1) is 0 Å². The lowest BCUT2D eigenvalue weighted by atomic mass is 10.2. The molecular formula is C15H26BrN3O2. The van der Waals surface area contributed by atoms with Crippen molar-refractivity contribution in [1.29, 1.82) is 0 Å². The lowest BCUT2D eigenvalue weighted by Crippen LogP contribution is -2.40. The number of anilines is 1. The molecule has 0 amide bonds. The number of aromatic nitrogens is 1. The van der Waals surface area contributed by atoms with Gasteiger partial charge in [0.15, 0.2) is 0 Å². The third-order valence-electron chi connectivity index (χ3n) is 3.22. The Hall–Kier alpha value is -0.690. The van der Waals surface area contributed by atoms with Gasteiger partial charge < -0.3 is 19.7 Å². The molecule has 6 heteroatoms. The maximum Gasteiger partial charge on any atom is 0.133 e. The van der Waals surface area contributed by atoms with Gasteiger partial charge in [-0.25, -0.2) is 4.98 Å². The van der Waals surface area contributed by atoms with Crippen molar-refractivity contribution in [3.05, 3.63) is 22.3 Å². The van der Waals surface area contributed by atoms with Gasteiger partial charge in [-0.1, -0.05) is 6.92 Å². The van der Waals surface area contributed by atoms with Gasteiger partial charge in [-0.3, -0.25) is 0 Å². The number of nitrogens with one attached hydrogen (secondary N) is 1. The van der Waals surface area contributed by atoms with Gasteiger partial charge in [0.2, 0.25) is 0 Å². The topological polar surface area (TPSA) is 46.6 Å². The van der Waals surface area contributed by atoms with Crippen LogP contribution in [0.15, 0.2) is 16.7 Å². The lowest BCUT2D eigenvalue weighted by Gasteiger charge is -2.31. The molecule has 120 valence electrons. The van der Waals surface area contributed by atoms with E-state index in [1.165, 1.54) is 5.56 Å². The van der Waals surface area contributed by atoms with E-state index in [-0.39, 0.29) is 6.04 Å². The molecule has 5 nitrogen and oxygen atoms in total. The Labute approximate surface area is 136 Å². The molecule has 1 N–H and O–H groups in total. The maximum atomic E-state index is 5.30. The van der Waals surface area contributed by atoms with E-state index in [9.17, 15) is 0 Å². The molecule has 1 aromatic rings. The predicted molar refractivity (Wildman–Crippen MR) is 89.9 cm³/mol. The number of ether oxygens (including phenoxy) is 2. The lowest BCUT2D eigenvalue weighted by molar-refractivity contribution is 0.170. The van der Waals surface area contributed by atoms with Crippen LogP contribution in [0.3, 0.4) is 0 Å². The van der Waals surface area contributed by atoms with Gasteiger partial charge in [-0.05, 0) is 35.5 Å². The van der Waals surface area contributed by atoms with Crippen LogP contribution in [-0.4, -0.2) is 51.5 Å². The Balaban J connectivity index is 3.03. The highest BCUT2D eigenvalue weighted by Gasteiger charge is 2.19. The molecule has 0 aromatic carbocycles. The third-order valence-corrected chi connectivity index (χ3v) is 3.66. The fourth-order valence-corrected chi connectivity index (χ4v) is 2.56. The molecule has 0 bridgehead atoms. The normalized spacial score (nSPS) is 12.4. The first kappa shape index (κ1) is 18.4. The molecule has 0 fully saturated rings. The van der Waals surface area contributed by atoms with Gasteiger partial charge in [0.1, 0.15) is 5.82 Å². The van der Waals surface area contributed by atoms with E-state index >= 15 is 0 Å². The van der Waals surface area contributed by atoms with Crippen LogP contribution < -0.4 is 10.2 Å². The molecule has 1 unspecified atom stereocenters. The average molecular weight is 360 g/mol. The summed E-state index contributed by atoms with van der Waals surface area (Å²) in [7, 11) is 3.44. The summed E-state index contributed by atoms with van der Waals surface area (Å²) < 4.78 is 11.5. The molecule has 0 aliphatic rings. The summed E-state index contributed by atoms with van der Waals surface area (Å²) in [4.78, 5) is 6.86. The molecule has 0 radical (unpaired) electrons. The molecule has 0 aliphatic carbocycles. The minimum atomic E-state index is 0.235. The highest BCUT2D eigenvalue weighted by Crippen LogP contribution is 2.23. The van der Waals surface area contributed by atoms with Gasteiger partial charge in [0.05, 0.1) is 19.3 Å². The largest absolute Gasteiger partial charge is 0.383 e. The SMILES string of the molecule is CCNCc1cc(Br)cnc1N(CCOC)C(C)COC. The molecule has 0 spiro atoms. The number of hydrogen-bond donors (Lipinski definition) is 1. The Morgan fingerprint density at radius 2 is 2.14 bits per heavy atom. The van der Waals surface area contributed by atoms with Gasteiger partial charge in [-0.2, -0.15) is 0 Å². The number of methoxy groups -OCH3 is 2. The van der Waals surface area contributed by atoms with E-state index in [1.54, 1.807) is 14.2 Å². The monoisotopic (exact) mass is 359 g/mol. The number of rotatable bonds is 10. The van der Waals surface area contributed by atoms with Crippen molar-refractivity contribution >= 4 is 21.7 Å². The van der Waals surface area contributed by atoms with Crippen LogP contribution in [-0.2, 0) is 16.0 Å². The molecule has 1 aromatic heterocycles. The zero-order valence-electron chi connectivity index (χ0n) is 13.4. The van der Waals surface area contributed by atoms with E-state index in [0.717, 1.165) is 29.9 Å². The minimum Gasteiger partial charge on any atom is -0.383 e. The number of pyridine rings is 1. The first-order valence-electron chi connectivity index (χ1n) is 7.23. The first-order chi connectivity index (χ1) is 10.1. The van der Waals surface area contributed by atoms with Crippen LogP contribution in [0.5, 0.6) is 0 Å². The van der Waals surface area contributed by atoms with E-state index in [1.807, 2.05) is 6.20 Å². The highest BCUT2D eigenvalue weighted by atomic mass is 79.9. The van der Waals surface area contributed by atoms with Crippen LogP contribution in [0.2, 0.25) is 0 Å². The molecule has 0 saturated carbocycles. The van der Waals surface area contributed by atoms with Crippen molar-refractivity contribution in [3.63, 3.8) is 0 Å². The number of halogens is 1. The Morgan fingerprint density at radius 1 is 1.38 bits per heavy atom. The van der Waals surface area contributed by atoms with Gasteiger partial charge in [0, 0.05) is 43.5 Å². The summed E-state index contributed by atoms with van der Waals surface area (Å²) in [6.07, 6.45) is 1.84. The summed E-state index contributed by atoms with van der Waals surface area (Å²) in [6.45, 7) is 8.06. The predicted octanol–water partition coefficient (Wildman–Crippen LogP) is 2.44. The van der Waals surface area contributed by atoms with Crippen molar-refractivity contribution in [3.8, 4) is 0 Å². The van der Waals surface area contributed by atoms with Crippen LogP contribution in [0.4, 0.5) is 5.82 Å². The second-order valence-electron chi connectivity index (χ2n) is 4.91. The van der Waals surface area contributed by atoms with E-state index < -0.39 is 0 Å². The second kappa shape index (κ2) is 10.1.